The number of hydrogen-bond acceptors (Lipinski definition) is 6. The van der Waals surface area contributed by atoms with Gasteiger partial charge >= 0.3 is 11.9 Å². The fourth-order valence-electron chi connectivity index (χ4n) is 1.99. The number of carbonyl (C=O) groups excluding carboxylic acids is 3. The van der Waals surface area contributed by atoms with E-state index in [0.29, 0.717) is 11.3 Å². The Kier molecular flexibility index (Phi) is 4.40. The van der Waals surface area contributed by atoms with Crippen molar-refractivity contribution in [3.8, 4) is 0 Å². The molecule has 1 amide bonds. The molecule has 0 atom stereocenters. The van der Waals surface area contributed by atoms with Crippen molar-refractivity contribution >= 4 is 23.5 Å². The largest absolute Gasteiger partial charge is 0.419 e. The van der Waals surface area contributed by atoms with Gasteiger partial charge in [0, 0.05) is 38.3 Å². The molecule has 0 aliphatic carbocycles. The van der Waals surface area contributed by atoms with Crippen molar-refractivity contribution < 1.29 is 23.9 Å². The molecule has 23 heavy (non-hydrogen) atoms. The van der Waals surface area contributed by atoms with Crippen LogP contribution in [0.3, 0.4) is 0 Å². The van der Waals surface area contributed by atoms with Gasteiger partial charge in [0.1, 0.15) is 0 Å². The number of anilines is 1. The molecule has 1 aliphatic heterocycles. The minimum atomic E-state index is -1.28. The molecule has 2 rings (SSSR count). The molecule has 0 aromatic heterocycles. The molecule has 1 fully saturated rings. The van der Waals surface area contributed by atoms with Gasteiger partial charge in [-0.15, -0.1) is 0 Å². The average Bonchev–Trinajstić information content (AvgIpc) is 2.46. The van der Waals surface area contributed by atoms with Gasteiger partial charge in [0.05, 0.1) is 0 Å². The number of hydrogen-bond donors (Lipinski definition) is 2. The van der Waals surface area contributed by atoms with Crippen LogP contribution in [0.1, 0.15) is 29.8 Å². The lowest BCUT2D eigenvalue weighted by atomic mass is 10.1. The van der Waals surface area contributed by atoms with Crippen LogP contribution in [-0.2, 0) is 19.1 Å². The number of cyclic esters (lactones) is 2. The average molecular weight is 318 g/mol. The predicted octanol–water partition coefficient (Wildman–Crippen LogP) is 1.49. The first-order chi connectivity index (χ1) is 10.7. The van der Waals surface area contributed by atoms with Gasteiger partial charge in [0.15, 0.2) is 5.57 Å². The Balaban J connectivity index is 2.24. The molecular weight excluding hydrogens is 300 g/mol. The Labute approximate surface area is 133 Å². The van der Waals surface area contributed by atoms with Crippen LogP contribution in [-0.4, -0.2) is 30.7 Å². The van der Waals surface area contributed by atoms with Crippen LogP contribution in [0.15, 0.2) is 30.0 Å². The van der Waals surface area contributed by atoms with E-state index in [4.69, 9.17) is 9.47 Å². The zero-order chi connectivity index (χ0) is 17.2. The van der Waals surface area contributed by atoms with Gasteiger partial charge in [-0.3, -0.25) is 4.79 Å². The maximum atomic E-state index is 11.9. The molecule has 0 radical (unpaired) electrons. The van der Waals surface area contributed by atoms with Gasteiger partial charge in [-0.1, -0.05) is 6.07 Å². The first kappa shape index (κ1) is 16.5. The number of nitrogens with one attached hydrogen (secondary N) is 2. The molecule has 1 aromatic rings. The molecule has 0 unspecified atom stereocenters. The third kappa shape index (κ3) is 3.68. The van der Waals surface area contributed by atoms with Crippen LogP contribution in [0.2, 0.25) is 0 Å². The highest BCUT2D eigenvalue weighted by Crippen LogP contribution is 2.23. The Morgan fingerprint density at radius 2 is 1.78 bits per heavy atom. The van der Waals surface area contributed by atoms with Gasteiger partial charge in [-0.2, -0.15) is 0 Å². The number of carbonyl (C=O) groups is 3. The van der Waals surface area contributed by atoms with E-state index in [1.54, 1.807) is 18.2 Å². The number of rotatable bonds is 3. The summed E-state index contributed by atoms with van der Waals surface area (Å²) in [5, 5.41) is 5.37. The van der Waals surface area contributed by atoms with Crippen molar-refractivity contribution in [2.45, 2.75) is 26.6 Å². The second kappa shape index (κ2) is 6.12. The van der Waals surface area contributed by atoms with Crippen molar-refractivity contribution in [1.82, 2.24) is 5.32 Å². The minimum absolute atomic E-state index is 0.237. The summed E-state index contributed by atoms with van der Waals surface area (Å²) in [6.45, 7) is 4.78. The molecule has 7 nitrogen and oxygen atoms in total. The highest BCUT2D eigenvalue weighted by Gasteiger charge is 2.38. The lowest BCUT2D eigenvalue weighted by Gasteiger charge is -2.29. The standard InChI is InChI=1S/C16H18N2O5/c1-9-5-6-10(13(19)17-4)7-12(9)18-8-11-14(20)22-16(2,3)23-15(11)21/h5-8,18H,1-4H3,(H,17,19). The quantitative estimate of drug-likeness (QED) is 0.498. The predicted molar refractivity (Wildman–Crippen MR) is 82.5 cm³/mol. The molecule has 2 N–H and O–H groups in total. The van der Waals surface area contributed by atoms with Gasteiger partial charge in [-0.05, 0) is 24.6 Å². The van der Waals surface area contributed by atoms with Crippen LogP contribution in [0.4, 0.5) is 5.69 Å². The first-order valence-electron chi connectivity index (χ1n) is 6.99. The summed E-state index contributed by atoms with van der Waals surface area (Å²) in [5.41, 5.74) is 1.64. The lowest BCUT2D eigenvalue weighted by molar-refractivity contribution is -0.222. The van der Waals surface area contributed by atoms with E-state index in [1.807, 2.05) is 6.92 Å². The molecule has 1 heterocycles. The van der Waals surface area contributed by atoms with Gasteiger partial charge in [0.2, 0.25) is 0 Å². The molecule has 1 aliphatic rings. The van der Waals surface area contributed by atoms with Crippen LogP contribution < -0.4 is 10.6 Å². The number of esters is 2. The maximum Gasteiger partial charge on any atom is 0.350 e. The van der Waals surface area contributed by atoms with E-state index in [2.05, 4.69) is 10.6 Å². The zero-order valence-corrected chi connectivity index (χ0v) is 13.4. The van der Waals surface area contributed by atoms with Crippen LogP contribution in [0.25, 0.3) is 0 Å². The van der Waals surface area contributed by atoms with Crippen LogP contribution in [0, 0.1) is 6.92 Å². The van der Waals surface area contributed by atoms with Crippen molar-refractivity contribution in [2.24, 2.45) is 0 Å². The summed E-state index contributed by atoms with van der Waals surface area (Å²) >= 11 is 0. The summed E-state index contributed by atoms with van der Waals surface area (Å²) in [6, 6.07) is 5.05. The van der Waals surface area contributed by atoms with Crippen LogP contribution >= 0.6 is 0 Å². The highest BCUT2D eigenvalue weighted by molar-refractivity contribution is 6.15. The Bertz CT molecular complexity index is 684. The molecule has 7 heteroatoms. The van der Waals surface area contributed by atoms with E-state index in [1.165, 1.54) is 27.1 Å². The Morgan fingerprint density at radius 1 is 1.17 bits per heavy atom. The topological polar surface area (TPSA) is 93.7 Å². The second-order valence-corrected chi connectivity index (χ2v) is 5.49. The molecule has 122 valence electrons. The summed E-state index contributed by atoms with van der Waals surface area (Å²) in [5.74, 6) is -3.04. The van der Waals surface area contributed by atoms with E-state index in [0.717, 1.165) is 5.56 Å². The molecule has 0 spiro atoms. The maximum absolute atomic E-state index is 11.9. The SMILES string of the molecule is CNC(=O)c1ccc(C)c(NC=C2C(=O)OC(C)(C)OC2=O)c1. The summed E-state index contributed by atoms with van der Waals surface area (Å²) in [4.78, 5) is 35.4. The third-order valence-corrected chi connectivity index (χ3v) is 3.22. The fraction of sp³-hybridized carbons (Fsp3) is 0.312. The van der Waals surface area contributed by atoms with Crippen molar-refractivity contribution in [3.63, 3.8) is 0 Å². The van der Waals surface area contributed by atoms with Crippen molar-refractivity contribution in [1.29, 1.82) is 0 Å². The third-order valence-electron chi connectivity index (χ3n) is 3.22. The summed E-state index contributed by atoms with van der Waals surface area (Å²) < 4.78 is 10.0. The molecule has 0 bridgehead atoms. The fourth-order valence-corrected chi connectivity index (χ4v) is 1.99. The highest BCUT2D eigenvalue weighted by atomic mass is 16.7. The van der Waals surface area contributed by atoms with Gasteiger partial charge in [0.25, 0.3) is 11.7 Å². The number of amides is 1. The van der Waals surface area contributed by atoms with E-state index in [9.17, 15) is 14.4 Å². The summed E-state index contributed by atoms with van der Waals surface area (Å²) in [7, 11) is 1.53. The molecule has 0 saturated carbocycles. The normalized spacial score (nSPS) is 16.3. The Morgan fingerprint density at radius 3 is 2.35 bits per heavy atom. The molecular formula is C16H18N2O5. The summed E-state index contributed by atoms with van der Waals surface area (Å²) in [6.07, 6.45) is 1.22. The van der Waals surface area contributed by atoms with Crippen molar-refractivity contribution in [3.05, 3.63) is 41.1 Å². The Hall–Kier alpha value is -2.83. The first-order valence-corrected chi connectivity index (χ1v) is 6.99. The van der Waals surface area contributed by atoms with Crippen LogP contribution in [0.5, 0.6) is 0 Å². The van der Waals surface area contributed by atoms with E-state index >= 15 is 0 Å². The monoisotopic (exact) mass is 318 g/mol. The van der Waals surface area contributed by atoms with E-state index in [-0.39, 0.29) is 11.5 Å². The number of ether oxygens (including phenoxy) is 2. The smallest absolute Gasteiger partial charge is 0.350 e. The number of aryl methyl sites for hydroxylation is 1. The zero-order valence-electron chi connectivity index (χ0n) is 13.4. The van der Waals surface area contributed by atoms with Crippen molar-refractivity contribution in [2.75, 3.05) is 12.4 Å². The van der Waals surface area contributed by atoms with E-state index < -0.39 is 17.7 Å². The van der Waals surface area contributed by atoms with Gasteiger partial charge in [-0.25, -0.2) is 9.59 Å². The molecule has 1 saturated heterocycles. The molecule has 1 aromatic carbocycles. The number of benzene rings is 1. The lowest BCUT2D eigenvalue weighted by Crippen LogP contribution is -2.42. The van der Waals surface area contributed by atoms with Gasteiger partial charge < -0.3 is 20.1 Å². The second-order valence-electron chi connectivity index (χ2n) is 5.49. The minimum Gasteiger partial charge on any atom is -0.419 e.